The van der Waals surface area contributed by atoms with Gasteiger partial charge in [-0.2, -0.15) is 5.10 Å². The maximum Gasteiger partial charge on any atom is 0.212 e. The zero-order chi connectivity index (χ0) is 11.8. The van der Waals surface area contributed by atoms with Crippen molar-refractivity contribution < 1.29 is 9.53 Å². The van der Waals surface area contributed by atoms with Gasteiger partial charge in [-0.05, 0) is 17.7 Å². The number of Topliss-reactive ketones (excluding diaryl/α,β-unsaturated/α-hetero) is 1. The van der Waals surface area contributed by atoms with Gasteiger partial charge < -0.3 is 4.74 Å². The van der Waals surface area contributed by atoms with Gasteiger partial charge in [-0.25, -0.2) is 0 Å². The van der Waals surface area contributed by atoms with Crippen molar-refractivity contribution in [1.29, 1.82) is 0 Å². The van der Waals surface area contributed by atoms with E-state index in [1.54, 1.807) is 18.3 Å². The summed E-state index contributed by atoms with van der Waals surface area (Å²) in [6.07, 6.45) is 1.33. The molecule has 2 heterocycles. The fraction of sp³-hybridized carbons (Fsp3) is 0.167. The summed E-state index contributed by atoms with van der Waals surface area (Å²) in [6, 6.07) is 7.28. The van der Waals surface area contributed by atoms with E-state index in [-0.39, 0.29) is 11.9 Å². The lowest BCUT2D eigenvalue weighted by molar-refractivity contribution is 0.0949. The molecule has 3 rings (SSSR count). The van der Waals surface area contributed by atoms with Crippen molar-refractivity contribution in [3.63, 3.8) is 0 Å². The number of epoxide rings is 1. The van der Waals surface area contributed by atoms with Gasteiger partial charge in [0.05, 0.1) is 12.8 Å². The summed E-state index contributed by atoms with van der Waals surface area (Å²) < 4.78 is 4.99. The van der Waals surface area contributed by atoms with Crippen LogP contribution in [0.2, 0.25) is 5.02 Å². The van der Waals surface area contributed by atoms with Crippen LogP contribution in [0.25, 0.3) is 11.1 Å². The van der Waals surface area contributed by atoms with Gasteiger partial charge in [0.25, 0.3) is 0 Å². The van der Waals surface area contributed by atoms with Gasteiger partial charge in [-0.3, -0.25) is 9.89 Å². The molecule has 0 radical (unpaired) electrons. The van der Waals surface area contributed by atoms with E-state index in [4.69, 9.17) is 16.3 Å². The van der Waals surface area contributed by atoms with Crippen LogP contribution in [0.15, 0.2) is 30.5 Å². The molecule has 1 atom stereocenters. The molecule has 1 aliphatic heterocycles. The highest BCUT2D eigenvalue weighted by molar-refractivity contribution is 6.30. The van der Waals surface area contributed by atoms with Crippen molar-refractivity contribution in [3.05, 3.63) is 41.2 Å². The van der Waals surface area contributed by atoms with E-state index in [0.29, 0.717) is 17.3 Å². The van der Waals surface area contributed by atoms with Crippen molar-refractivity contribution >= 4 is 17.4 Å². The third kappa shape index (κ3) is 1.97. The average Bonchev–Trinajstić information content (AvgIpc) is 3.07. The molecule has 5 heteroatoms. The van der Waals surface area contributed by atoms with Crippen LogP contribution in [0.5, 0.6) is 0 Å². The molecule has 0 bridgehead atoms. The number of benzene rings is 1. The number of hydrogen-bond acceptors (Lipinski definition) is 3. The van der Waals surface area contributed by atoms with Gasteiger partial charge in [0.2, 0.25) is 5.78 Å². The van der Waals surface area contributed by atoms with Crippen LogP contribution in [0, 0.1) is 0 Å². The van der Waals surface area contributed by atoms with Crippen LogP contribution >= 0.6 is 11.6 Å². The third-order valence-corrected chi connectivity index (χ3v) is 2.92. The number of aromatic nitrogens is 2. The first-order chi connectivity index (χ1) is 8.25. The SMILES string of the molecule is O=C(c1[nH]ncc1-c1ccc(Cl)cc1)[C@H]1CO1. The Labute approximate surface area is 103 Å². The van der Waals surface area contributed by atoms with Crippen molar-refractivity contribution in [2.75, 3.05) is 6.61 Å². The third-order valence-electron chi connectivity index (χ3n) is 2.67. The van der Waals surface area contributed by atoms with Crippen molar-refractivity contribution in [3.8, 4) is 11.1 Å². The topological polar surface area (TPSA) is 58.3 Å². The smallest absolute Gasteiger partial charge is 0.212 e. The van der Waals surface area contributed by atoms with Crippen LogP contribution in [-0.2, 0) is 4.74 Å². The molecule has 1 aromatic carbocycles. The van der Waals surface area contributed by atoms with E-state index in [9.17, 15) is 4.79 Å². The molecule has 1 N–H and O–H groups in total. The number of carbonyl (C=O) groups excluding carboxylic acids is 1. The Morgan fingerprint density at radius 2 is 2.12 bits per heavy atom. The van der Waals surface area contributed by atoms with Crippen LogP contribution < -0.4 is 0 Å². The Kier molecular flexibility index (Phi) is 2.46. The average molecular weight is 249 g/mol. The lowest BCUT2D eigenvalue weighted by Crippen LogP contribution is -2.08. The van der Waals surface area contributed by atoms with Crippen LogP contribution in [0.3, 0.4) is 0 Å². The predicted octanol–water partition coefficient (Wildman–Crippen LogP) is 2.31. The first-order valence-electron chi connectivity index (χ1n) is 5.21. The minimum atomic E-state index is -0.304. The molecule has 0 saturated carbocycles. The van der Waals surface area contributed by atoms with E-state index < -0.39 is 0 Å². The van der Waals surface area contributed by atoms with Gasteiger partial charge >= 0.3 is 0 Å². The zero-order valence-corrected chi connectivity index (χ0v) is 9.57. The summed E-state index contributed by atoms with van der Waals surface area (Å²) in [5.41, 5.74) is 2.18. The second kappa shape index (κ2) is 3.98. The Hall–Kier alpha value is -1.65. The van der Waals surface area contributed by atoms with E-state index in [1.165, 1.54) is 0 Å². The summed E-state index contributed by atoms with van der Waals surface area (Å²) in [4.78, 5) is 11.9. The quantitative estimate of drug-likeness (QED) is 0.670. The number of rotatable bonds is 3. The van der Waals surface area contributed by atoms with Crippen molar-refractivity contribution in [1.82, 2.24) is 10.2 Å². The monoisotopic (exact) mass is 248 g/mol. The van der Waals surface area contributed by atoms with Crippen molar-refractivity contribution in [2.24, 2.45) is 0 Å². The summed E-state index contributed by atoms with van der Waals surface area (Å²) in [5, 5.41) is 7.31. The highest BCUT2D eigenvalue weighted by Crippen LogP contribution is 2.26. The molecule has 0 aliphatic carbocycles. The summed E-state index contributed by atoms with van der Waals surface area (Å²) >= 11 is 5.83. The Morgan fingerprint density at radius 1 is 1.41 bits per heavy atom. The number of halogens is 1. The normalized spacial score (nSPS) is 18.1. The van der Waals surface area contributed by atoms with Crippen LogP contribution in [-0.4, -0.2) is 28.7 Å². The number of aromatic amines is 1. The molecule has 0 unspecified atom stereocenters. The molecule has 2 aromatic rings. The maximum absolute atomic E-state index is 11.9. The fourth-order valence-electron chi connectivity index (χ4n) is 1.68. The first-order valence-corrected chi connectivity index (χ1v) is 5.58. The lowest BCUT2D eigenvalue weighted by Gasteiger charge is -2.01. The maximum atomic E-state index is 11.9. The number of carbonyl (C=O) groups is 1. The van der Waals surface area contributed by atoms with Crippen LogP contribution in [0.1, 0.15) is 10.5 Å². The summed E-state index contributed by atoms with van der Waals surface area (Å²) in [7, 11) is 0. The molecule has 4 nitrogen and oxygen atoms in total. The molecular weight excluding hydrogens is 240 g/mol. The summed E-state index contributed by atoms with van der Waals surface area (Å²) in [5.74, 6) is -0.0487. The standard InChI is InChI=1S/C12H9ClN2O2/c13-8-3-1-7(2-4-8)9-5-14-15-11(9)12(16)10-6-17-10/h1-5,10H,6H2,(H,14,15)/t10-/m1/s1. The second-order valence-corrected chi connectivity index (χ2v) is 4.29. The van der Waals surface area contributed by atoms with Gasteiger partial charge in [0.1, 0.15) is 11.8 Å². The Bertz CT molecular complexity index is 558. The molecule has 17 heavy (non-hydrogen) atoms. The van der Waals surface area contributed by atoms with E-state index in [1.807, 2.05) is 12.1 Å². The van der Waals surface area contributed by atoms with Crippen molar-refractivity contribution in [2.45, 2.75) is 6.10 Å². The lowest BCUT2D eigenvalue weighted by atomic mass is 10.0. The molecule has 1 fully saturated rings. The van der Waals surface area contributed by atoms with Crippen LogP contribution in [0.4, 0.5) is 0 Å². The molecular formula is C12H9ClN2O2. The molecule has 1 aromatic heterocycles. The van der Waals surface area contributed by atoms with Gasteiger partial charge in [-0.15, -0.1) is 0 Å². The predicted molar refractivity (Wildman–Crippen MR) is 63.1 cm³/mol. The number of H-pyrrole nitrogens is 1. The van der Waals surface area contributed by atoms with Gasteiger partial charge in [0, 0.05) is 10.6 Å². The van der Waals surface area contributed by atoms with Gasteiger partial charge in [0.15, 0.2) is 0 Å². The number of hydrogen-bond donors (Lipinski definition) is 1. The highest BCUT2D eigenvalue weighted by Gasteiger charge is 2.34. The molecule has 1 aliphatic rings. The largest absolute Gasteiger partial charge is 0.364 e. The number of nitrogens with zero attached hydrogens (tertiary/aromatic N) is 1. The number of ketones is 1. The zero-order valence-electron chi connectivity index (χ0n) is 8.81. The molecule has 0 amide bonds. The summed E-state index contributed by atoms with van der Waals surface area (Å²) in [6.45, 7) is 0.498. The first kappa shape index (κ1) is 10.5. The van der Waals surface area contributed by atoms with Gasteiger partial charge in [-0.1, -0.05) is 23.7 Å². The molecule has 1 saturated heterocycles. The minimum Gasteiger partial charge on any atom is -0.364 e. The molecule has 0 spiro atoms. The number of nitrogens with one attached hydrogen (secondary N) is 1. The highest BCUT2D eigenvalue weighted by atomic mass is 35.5. The Balaban J connectivity index is 2.00. The van der Waals surface area contributed by atoms with E-state index >= 15 is 0 Å². The Morgan fingerprint density at radius 3 is 2.76 bits per heavy atom. The molecule has 86 valence electrons. The fourth-order valence-corrected chi connectivity index (χ4v) is 1.81. The second-order valence-electron chi connectivity index (χ2n) is 3.85. The minimum absolute atomic E-state index is 0.0487. The number of ether oxygens (including phenoxy) is 1. The van der Waals surface area contributed by atoms with E-state index in [2.05, 4.69) is 10.2 Å². The van der Waals surface area contributed by atoms with E-state index in [0.717, 1.165) is 11.1 Å².